The van der Waals surface area contributed by atoms with Gasteiger partial charge in [-0.3, -0.25) is 0 Å². The molecule has 0 radical (unpaired) electrons. The largest absolute Gasteiger partial charge is 0.493 e. The molecule has 0 aliphatic carbocycles. The van der Waals surface area contributed by atoms with Crippen molar-refractivity contribution >= 4 is 12.2 Å². The van der Waals surface area contributed by atoms with Crippen molar-refractivity contribution in [3.63, 3.8) is 0 Å². The van der Waals surface area contributed by atoms with E-state index >= 15 is 0 Å². The molecule has 0 spiro atoms. The van der Waals surface area contributed by atoms with E-state index in [0.717, 1.165) is 11.1 Å². The maximum atomic E-state index is 10.3. The zero-order chi connectivity index (χ0) is 24.8. The molecule has 3 rings (SSSR count). The third-order valence-corrected chi connectivity index (χ3v) is 5.43. The molecular formula is C24H30O10. The highest BCUT2D eigenvalue weighted by Gasteiger charge is 2.44. The van der Waals surface area contributed by atoms with Gasteiger partial charge >= 0.3 is 0 Å². The van der Waals surface area contributed by atoms with Crippen LogP contribution in [0.1, 0.15) is 11.1 Å². The lowest BCUT2D eigenvalue weighted by atomic mass is 9.99. The van der Waals surface area contributed by atoms with Gasteiger partial charge in [0.25, 0.3) is 0 Å². The van der Waals surface area contributed by atoms with Gasteiger partial charge in [0.1, 0.15) is 24.4 Å². The molecular weight excluding hydrogens is 448 g/mol. The Balaban J connectivity index is 1.86. The van der Waals surface area contributed by atoms with Crippen molar-refractivity contribution in [2.24, 2.45) is 0 Å². The Morgan fingerprint density at radius 2 is 1.32 bits per heavy atom. The standard InChI is InChI=1S/C24H30O10/c1-29-15-8-7-13(5-6-14-10-17(30-2)23(32-4)18(11-14)31-3)9-16(15)33-24-22(28)21(27)20(26)19(12-25)34-24/h5-11,19-22,24-28H,12H2,1-4H3/b6-5-/t19-,20+,21+,22-,24-/m1/s1. The molecule has 1 saturated heterocycles. The predicted molar refractivity (Wildman–Crippen MR) is 122 cm³/mol. The zero-order valence-electron chi connectivity index (χ0n) is 19.4. The number of aliphatic hydroxyl groups is 4. The fourth-order valence-electron chi connectivity index (χ4n) is 3.57. The molecule has 0 saturated carbocycles. The van der Waals surface area contributed by atoms with Crippen LogP contribution in [0.3, 0.4) is 0 Å². The molecule has 0 aromatic heterocycles. The summed E-state index contributed by atoms with van der Waals surface area (Å²) in [5, 5.41) is 39.6. The van der Waals surface area contributed by atoms with Crippen LogP contribution in [-0.2, 0) is 4.74 Å². The van der Waals surface area contributed by atoms with Gasteiger partial charge in [0.05, 0.1) is 35.0 Å². The molecule has 2 aromatic carbocycles. The Bertz CT molecular complexity index is 965. The molecule has 1 aliphatic rings. The van der Waals surface area contributed by atoms with E-state index in [2.05, 4.69) is 0 Å². The van der Waals surface area contributed by atoms with Crippen molar-refractivity contribution in [3.8, 4) is 28.7 Å². The first-order valence-corrected chi connectivity index (χ1v) is 10.5. The van der Waals surface area contributed by atoms with Gasteiger partial charge in [-0.25, -0.2) is 0 Å². The van der Waals surface area contributed by atoms with Crippen LogP contribution in [0.15, 0.2) is 30.3 Å². The maximum absolute atomic E-state index is 10.3. The Morgan fingerprint density at radius 3 is 1.88 bits per heavy atom. The summed E-state index contributed by atoms with van der Waals surface area (Å²) in [5.74, 6) is 2.12. The fourth-order valence-corrected chi connectivity index (χ4v) is 3.57. The van der Waals surface area contributed by atoms with Crippen LogP contribution in [0.5, 0.6) is 28.7 Å². The number of hydrogen-bond donors (Lipinski definition) is 4. The second-order valence-corrected chi connectivity index (χ2v) is 7.52. The highest BCUT2D eigenvalue weighted by Crippen LogP contribution is 2.39. The van der Waals surface area contributed by atoms with Crippen LogP contribution in [0.25, 0.3) is 12.2 Å². The van der Waals surface area contributed by atoms with E-state index in [1.54, 1.807) is 30.3 Å². The number of methoxy groups -OCH3 is 4. The molecule has 10 heteroatoms. The van der Waals surface area contributed by atoms with Crippen molar-refractivity contribution in [1.82, 2.24) is 0 Å². The lowest BCUT2D eigenvalue weighted by Gasteiger charge is -2.39. The Labute approximate surface area is 197 Å². The molecule has 5 atom stereocenters. The minimum absolute atomic E-state index is 0.235. The number of hydrogen-bond acceptors (Lipinski definition) is 10. The molecule has 2 aromatic rings. The van der Waals surface area contributed by atoms with Gasteiger partial charge in [-0.15, -0.1) is 0 Å². The lowest BCUT2D eigenvalue weighted by Crippen LogP contribution is -2.60. The molecule has 1 fully saturated rings. The first kappa shape index (κ1) is 25.6. The molecule has 10 nitrogen and oxygen atoms in total. The van der Waals surface area contributed by atoms with Crippen LogP contribution >= 0.6 is 0 Å². The Morgan fingerprint density at radius 1 is 0.735 bits per heavy atom. The first-order valence-electron chi connectivity index (χ1n) is 10.5. The number of ether oxygens (including phenoxy) is 6. The average Bonchev–Trinajstić information content (AvgIpc) is 2.86. The second kappa shape index (κ2) is 11.4. The third kappa shape index (κ3) is 5.37. The minimum atomic E-state index is -1.55. The topological polar surface area (TPSA) is 136 Å². The van der Waals surface area contributed by atoms with Gasteiger partial charge in [-0.2, -0.15) is 0 Å². The third-order valence-electron chi connectivity index (χ3n) is 5.43. The van der Waals surface area contributed by atoms with E-state index in [4.69, 9.17) is 28.4 Å². The second-order valence-electron chi connectivity index (χ2n) is 7.52. The first-order chi connectivity index (χ1) is 16.4. The Kier molecular flexibility index (Phi) is 8.59. The van der Waals surface area contributed by atoms with E-state index in [9.17, 15) is 20.4 Å². The van der Waals surface area contributed by atoms with E-state index in [1.807, 2.05) is 12.2 Å². The van der Waals surface area contributed by atoms with Crippen molar-refractivity contribution in [2.45, 2.75) is 30.7 Å². The zero-order valence-corrected chi connectivity index (χ0v) is 19.4. The molecule has 4 N–H and O–H groups in total. The van der Waals surface area contributed by atoms with Gasteiger partial charge < -0.3 is 48.8 Å². The predicted octanol–water partition coefficient (Wildman–Crippen LogP) is 1.07. The summed E-state index contributed by atoms with van der Waals surface area (Å²) in [7, 11) is 6.07. The summed E-state index contributed by atoms with van der Waals surface area (Å²) < 4.78 is 32.6. The van der Waals surface area contributed by atoms with E-state index in [0.29, 0.717) is 23.0 Å². The van der Waals surface area contributed by atoms with Gasteiger partial charge in [0.2, 0.25) is 12.0 Å². The molecule has 0 amide bonds. The molecule has 1 heterocycles. The summed E-state index contributed by atoms with van der Waals surface area (Å²) in [6.45, 7) is -0.556. The smallest absolute Gasteiger partial charge is 0.229 e. The van der Waals surface area contributed by atoms with E-state index in [1.165, 1.54) is 28.4 Å². The van der Waals surface area contributed by atoms with E-state index in [-0.39, 0.29) is 5.75 Å². The molecule has 34 heavy (non-hydrogen) atoms. The number of benzene rings is 2. The maximum Gasteiger partial charge on any atom is 0.229 e. The van der Waals surface area contributed by atoms with E-state index < -0.39 is 37.3 Å². The highest BCUT2D eigenvalue weighted by molar-refractivity contribution is 5.73. The summed E-state index contributed by atoms with van der Waals surface area (Å²) in [5.41, 5.74) is 1.52. The summed E-state index contributed by atoms with van der Waals surface area (Å²) in [4.78, 5) is 0. The summed E-state index contributed by atoms with van der Waals surface area (Å²) in [6, 6.07) is 8.73. The number of aliphatic hydroxyl groups excluding tert-OH is 4. The molecule has 0 unspecified atom stereocenters. The molecule has 0 bridgehead atoms. The van der Waals surface area contributed by atoms with Crippen LogP contribution in [0, 0.1) is 0 Å². The average molecular weight is 478 g/mol. The van der Waals surface area contributed by atoms with Gasteiger partial charge in [-0.05, 0) is 35.4 Å². The van der Waals surface area contributed by atoms with Crippen molar-refractivity contribution in [1.29, 1.82) is 0 Å². The van der Waals surface area contributed by atoms with Gasteiger partial charge in [0, 0.05) is 0 Å². The highest BCUT2D eigenvalue weighted by atomic mass is 16.7. The molecule has 186 valence electrons. The number of rotatable bonds is 9. The van der Waals surface area contributed by atoms with Crippen molar-refractivity contribution in [3.05, 3.63) is 41.5 Å². The van der Waals surface area contributed by atoms with Crippen LogP contribution in [-0.4, -0.2) is 86.2 Å². The van der Waals surface area contributed by atoms with Crippen molar-refractivity contribution in [2.75, 3.05) is 35.0 Å². The minimum Gasteiger partial charge on any atom is -0.493 e. The fraction of sp³-hybridized carbons (Fsp3) is 0.417. The molecule has 1 aliphatic heterocycles. The normalized spacial score (nSPS) is 24.6. The van der Waals surface area contributed by atoms with Crippen LogP contribution in [0.4, 0.5) is 0 Å². The van der Waals surface area contributed by atoms with Gasteiger partial charge in [0.15, 0.2) is 23.0 Å². The summed E-state index contributed by atoms with van der Waals surface area (Å²) >= 11 is 0. The SMILES string of the molecule is COc1ccc(/C=C\c2cc(OC)c(OC)c(OC)c2)cc1O[C@@H]1O[C@H](CO)[C@H](O)[C@H](O)[C@H]1O. The van der Waals surface area contributed by atoms with Crippen LogP contribution < -0.4 is 23.7 Å². The van der Waals surface area contributed by atoms with Gasteiger partial charge in [-0.1, -0.05) is 18.2 Å². The summed E-state index contributed by atoms with van der Waals surface area (Å²) in [6.07, 6.45) is -3.33. The van der Waals surface area contributed by atoms with Crippen molar-refractivity contribution < 1.29 is 48.8 Å². The quantitative estimate of drug-likeness (QED) is 0.388. The van der Waals surface area contributed by atoms with Crippen LogP contribution in [0.2, 0.25) is 0 Å². The lowest BCUT2D eigenvalue weighted by molar-refractivity contribution is -0.277. The monoisotopic (exact) mass is 478 g/mol. The Hall–Kier alpha value is -3.02.